The SMILES string of the molecule is CCCCC(N)C(=O)Nc1ccc(SC(F)(F)F)cc1. The van der Waals surface area contributed by atoms with Crippen LogP contribution >= 0.6 is 11.8 Å². The molecule has 0 saturated heterocycles. The summed E-state index contributed by atoms with van der Waals surface area (Å²) in [5.74, 6) is -0.324. The topological polar surface area (TPSA) is 55.1 Å². The number of anilines is 1. The second kappa shape index (κ2) is 7.54. The Morgan fingerprint density at radius 2 is 1.95 bits per heavy atom. The van der Waals surface area contributed by atoms with E-state index in [9.17, 15) is 18.0 Å². The van der Waals surface area contributed by atoms with E-state index in [-0.39, 0.29) is 22.6 Å². The third-order valence-corrected chi connectivity index (χ3v) is 3.30. The van der Waals surface area contributed by atoms with Gasteiger partial charge in [-0.15, -0.1) is 0 Å². The average Bonchev–Trinajstić information content (AvgIpc) is 2.36. The molecule has 1 amide bonds. The van der Waals surface area contributed by atoms with Crippen molar-refractivity contribution in [2.75, 3.05) is 5.32 Å². The van der Waals surface area contributed by atoms with Crippen molar-refractivity contribution >= 4 is 23.4 Å². The van der Waals surface area contributed by atoms with Gasteiger partial charge in [0.15, 0.2) is 0 Å². The number of hydrogen-bond acceptors (Lipinski definition) is 3. The molecule has 7 heteroatoms. The van der Waals surface area contributed by atoms with Crippen LogP contribution in [0.25, 0.3) is 0 Å². The first kappa shape index (κ1) is 16.8. The molecule has 0 bridgehead atoms. The first-order valence-corrected chi connectivity index (χ1v) is 7.05. The molecule has 0 fully saturated rings. The molecule has 1 unspecified atom stereocenters. The fourth-order valence-corrected chi connectivity index (χ4v) is 2.07. The Balaban J connectivity index is 2.55. The van der Waals surface area contributed by atoms with Gasteiger partial charge in [0.1, 0.15) is 0 Å². The highest BCUT2D eigenvalue weighted by Crippen LogP contribution is 2.36. The minimum atomic E-state index is -4.31. The predicted octanol–water partition coefficient (Wildman–Crippen LogP) is 3.75. The number of rotatable bonds is 6. The molecule has 0 heterocycles. The predicted molar refractivity (Wildman–Crippen MR) is 74.5 cm³/mol. The summed E-state index contributed by atoms with van der Waals surface area (Å²) in [6, 6.07) is 4.88. The van der Waals surface area contributed by atoms with E-state index in [4.69, 9.17) is 5.73 Å². The van der Waals surface area contributed by atoms with Crippen molar-refractivity contribution in [2.24, 2.45) is 5.73 Å². The molecule has 0 spiro atoms. The van der Waals surface area contributed by atoms with Gasteiger partial charge in [0, 0.05) is 10.6 Å². The minimum absolute atomic E-state index is 0.0748. The van der Waals surface area contributed by atoms with Crippen LogP contribution in [0.2, 0.25) is 0 Å². The van der Waals surface area contributed by atoms with Gasteiger partial charge in [-0.05, 0) is 42.4 Å². The molecule has 20 heavy (non-hydrogen) atoms. The zero-order valence-electron chi connectivity index (χ0n) is 11.0. The molecule has 0 radical (unpaired) electrons. The van der Waals surface area contributed by atoms with Gasteiger partial charge >= 0.3 is 5.51 Å². The second-order valence-electron chi connectivity index (χ2n) is 4.31. The number of nitrogens with one attached hydrogen (secondary N) is 1. The van der Waals surface area contributed by atoms with Gasteiger partial charge < -0.3 is 11.1 Å². The molecule has 0 aliphatic carbocycles. The molecule has 1 rings (SSSR count). The standard InChI is InChI=1S/C13H17F3N2OS/c1-2-3-4-11(17)12(19)18-9-5-7-10(8-6-9)20-13(14,15)16/h5-8,11H,2-4,17H2,1H3,(H,18,19). The Morgan fingerprint density at radius 1 is 1.35 bits per heavy atom. The Kier molecular flexibility index (Phi) is 6.35. The Labute approximate surface area is 120 Å². The molecule has 0 saturated carbocycles. The highest BCUT2D eigenvalue weighted by molar-refractivity contribution is 8.00. The molecule has 1 aromatic rings. The van der Waals surface area contributed by atoms with E-state index in [1.807, 2.05) is 6.92 Å². The van der Waals surface area contributed by atoms with Gasteiger partial charge in [0.25, 0.3) is 0 Å². The number of alkyl halides is 3. The number of halogens is 3. The van der Waals surface area contributed by atoms with E-state index < -0.39 is 11.6 Å². The number of amides is 1. The van der Waals surface area contributed by atoms with Crippen LogP contribution in [0.1, 0.15) is 26.2 Å². The number of benzene rings is 1. The van der Waals surface area contributed by atoms with Crippen LogP contribution in [0.4, 0.5) is 18.9 Å². The molecular formula is C13H17F3N2OS. The highest BCUT2D eigenvalue weighted by Gasteiger charge is 2.29. The smallest absolute Gasteiger partial charge is 0.325 e. The number of thioether (sulfide) groups is 1. The van der Waals surface area contributed by atoms with E-state index in [1.165, 1.54) is 24.3 Å². The van der Waals surface area contributed by atoms with Gasteiger partial charge in [-0.25, -0.2) is 0 Å². The first-order valence-electron chi connectivity index (χ1n) is 6.24. The van der Waals surface area contributed by atoms with Crippen LogP contribution < -0.4 is 11.1 Å². The normalized spacial score (nSPS) is 13.1. The van der Waals surface area contributed by atoms with E-state index >= 15 is 0 Å². The lowest BCUT2D eigenvalue weighted by molar-refractivity contribution is -0.117. The lowest BCUT2D eigenvalue weighted by Gasteiger charge is -2.12. The Bertz CT molecular complexity index is 434. The van der Waals surface area contributed by atoms with Crippen molar-refractivity contribution in [1.82, 2.24) is 0 Å². The molecule has 0 aromatic heterocycles. The summed E-state index contributed by atoms with van der Waals surface area (Å²) >= 11 is -0.192. The minimum Gasteiger partial charge on any atom is -0.325 e. The van der Waals surface area contributed by atoms with Crippen LogP contribution in [0.15, 0.2) is 29.2 Å². The zero-order valence-corrected chi connectivity index (χ0v) is 11.9. The molecule has 3 nitrogen and oxygen atoms in total. The van der Waals surface area contributed by atoms with E-state index in [0.29, 0.717) is 12.1 Å². The summed E-state index contributed by atoms with van der Waals surface area (Å²) in [4.78, 5) is 11.8. The fraction of sp³-hybridized carbons (Fsp3) is 0.462. The maximum Gasteiger partial charge on any atom is 0.446 e. The fourth-order valence-electron chi connectivity index (χ4n) is 1.53. The van der Waals surface area contributed by atoms with Gasteiger partial charge in [0.05, 0.1) is 6.04 Å². The van der Waals surface area contributed by atoms with Crippen molar-refractivity contribution in [2.45, 2.75) is 42.6 Å². The summed E-state index contributed by atoms with van der Waals surface area (Å²) in [5, 5.41) is 2.59. The highest BCUT2D eigenvalue weighted by atomic mass is 32.2. The average molecular weight is 306 g/mol. The maximum absolute atomic E-state index is 12.2. The molecule has 0 aliphatic rings. The second-order valence-corrected chi connectivity index (χ2v) is 5.45. The summed E-state index contributed by atoms with van der Waals surface area (Å²) in [6.45, 7) is 2.00. The van der Waals surface area contributed by atoms with Gasteiger partial charge in [-0.3, -0.25) is 4.79 Å². The number of carbonyl (C=O) groups is 1. The molecule has 0 aliphatic heterocycles. The molecule has 1 atom stereocenters. The van der Waals surface area contributed by atoms with Crippen LogP contribution in [0.5, 0.6) is 0 Å². The summed E-state index contributed by atoms with van der Waals surface area (Å²) < 4.78 is 36.5. The zero-order chi connectivity index (χ0) is 15.2. The Morgan fingerprint density at radius 3 is 2.45 bits per heavy atom. The van der Waals surface area contributed by atoms with Crippen molar-refractivity contribution in [1.29, 1.82) is 0 Å². The quantitative estimate of drug-likeness (QED) is 0.787. The number of unbranched alkanes of at least 4 members (excludes halogenated alkanes) is 1. The number of carbonyl (C=O) groups excluding carboxylic acids is 1. The lowest BCUT2D eigenvalue weighted by atomic mass is 10.1. The van der Waals surface area contributed by atoms with E-state index in [1.54, 1.807) is 0 Å². The summed E-state index contributed by atoms with van der Waals surface area (Å²) in [7, 11) is 0. The molecule has 3 N–H and O–H groups in total. The molecule has 112 valence electrons. The maximum atomic E-state index is 12.2. The first-order chi connectivity index (χ1) is 9.31. The van der Waals surface area contributed by atoms with Crippen molar-refractivity contribution < 1.29 is 18.0 Å². The van der Waals surface area contributed by atoms with Crippen molar-refractivity contribution in [3.05, 3.63) is 24.3 Å². The van der Waals surface area contributed by atoms with Gasteiger partial charge in [-0.2, -0.15) is 13.2 Å². The number of hydrogen-bond donors (Lipinski definition) is 2. The van der Waals surface area contributed by atoms with Crippen molar-refractivity contribution in [3.8, 4) is 0 Å². The number of nitrogens with two attached hydrogens (primary N) is 1. The lowest BCUT2D eigenvalue weighted by Crippen LogP contribution is -2.35. The van der Waals surface area contributed by atoms with Crippen molar-refractivity contribution in [3.63, 3.8) is 0 Å². The van der Waals surface area contributed by atoms with Gasteiger partial charge in [-0.1, -0.05) is 19.8 Å². The van der Waals surface area contributed by atoms with E-state index in [0.717, 1.165) is 12.8 Å². The van der Waals surface area contributed by atoms with Crippen LogP contribution in [-0.2, 0) is 4.79 Å². The van der Waals surface area contributed by atoms with E-state index in [2.05, 4.69) is 5.32 Å². The third kappa shape index (κ3) is 6.29. The van der Waals surface area contributed by atoms with Gasteiger partial charge in [0.2, 0.25) is 5.91 Å². The van der Waals surface area contributed by atoms with Crippen LogP contribution in [-0.4, -0.2) is 17.5 Å². The molecular weight excluding hydrogens is 289 g/mol. The third-order valence-electron chi connectivity index (χ3n) is 2.56. The molecule has 1 aromatic carbocycles. The monoisotopic (exact) mass is 306 g/mol. The largest absolute Gasteiger partial charge is 0.446 e. The Hall–Kier alpha value is -1.21. The van der Waals surface area contributed by atoms with Crippen LogP contribution in [0, 0.1) is 0 Å². The summed E-state index contributed by atoms with van der Waals surface area (Å²) in [6.07, 6.45) is 2.39. The van der Waals surface area contributed by atoms with Crippen LogP contribution in [0.3, 0.4) is 0 Å². The summed E-state index contributed by atoms with van der Waals surface area (Å²) in [5.41, 5.74) is 1.83.